The lowest BCUT2D eigenvalue weighted by atomic mass is 10.2. The number of hydrogen-bond acceptors (Lipinski definition) is 6. The van der Waals surface area contributed by atoms with E-state index in [-0.39, 0.29) is 11.4 Å². The van der Waals surface area contributed by atoms with Gasteiger partial charge in [-0.15, -0.1) is 9.61 Å². The van der Waals surface area contributed by atoms with Gasteiger partial charge in [-0.1, -0.05) is 18.2 Å². The fraction of sp³-hybridized carbons (Fsp3) is 0.267. The molecule has 1 fully saturated rings. The number of anilines is 1. The van der Waals surface area contributed by atoms with Gasteiger partial charge in [-0.25, -0.2) is 0 Å². The molecule has 1 N–H and O–H groups in total. The van der Waals surface area contributed by atoms with E-state index >= 15 is 0 Å². The molecule has 3 heterocycles. The van der Waals surface area contributed by atoms with Gasteiger partial charge in [-0.05, 0) is 12.1 Å². The third-order valence-electron chi connectivity index (χ3n) is 3.69. The normalized spacial score (nSPS) is 15.4. The molecule has 1 saturated heterocycles. The van der Waals surface area contributed by atoms with Gasteiger partial charge < -0.3 is 14.6 Å². The van der Waals surface area contributed by atoms with Crippen LogP contribution < -0.4 is 15.8 Å². The Hall–Kier alpha value is -2.67. The van der Waals surface area contributed by atoms with E-state index in [1.807, 2.05) is 30.3 Å². The van der Waals surface area contributed by atoms with Crippen LogP contribution in [0.5, 0.6) is 0 Å². The predicted octanol–water partition coefficient (Wildman–Crippen LogP) is 0.759. The molecule has 1 aromatic carbocycles. The van der Waals surface area contributed by atoms with Gasteiger partial charge in [0.15, 0.2) is 0 Å². The highest BCUT2D eigenvalue weighted by atomic mass is 16.4. The summed E-state index contributed by atoms with van der Waals surface area (Å²) in [4.78, 5) is 18.8. The molecule has 1 aliphatic rings. The molecule has 0 atom stereocenters. The molecule has 7 heteroatoms. The van der Waals surface area contributed by atoms with Crippen molar-refractivity contribution in [3.8, 4) is 11.5 Å². The van der Waals surface area contributed by atoms with Crippen LogP contribution >= 0.6 is 0 Å². The number of aromatic nitrogens is 3. The Labute approximate surface area is 126 Å². The molecule has 3 aromatic rings. The van der Waals surface area contributed by atoms with Crippen molar-refractivity contribution >= 4 is 11.7 Å². The number of benzene rings is 1. The smallest absolute Gasteiger partial charge is 0.330 e. The Morgan fingerprint density at radius 3 is 2.68 bits per heavy atom. The van der Waals surface area contributed by atoms with Crippen LogP contribution in [-0.2, 0) is 0 Å². The van der Waals surface area contributed by atoms with Crippen molar-refractivity contribution in [2.24, 2.45) is 0 Å². The number of hydrogen-bond donors (Lipinski definition) is 1. The van der Waals surface area contributed by atoms with Crippen molar-refractivity contribution in [2.45, 2.75) is 0 Å². The molecule has 112 valence electrons. The first-order valence-electron chi connectivity index (χ1n) is 7.23. The van der Waals surface area contributed by atoms with Crippen molar-refractivity contribution in [2.75, 3.05) is 31.1 Å². The van der Waals surface area contributed by atoms with Gasteiger partial charge in [-0.3, -0.25) is 4.79 Å². The van der Waals surface area contributed by atoms with Crippen LogP contribution in [0.2, 0.25) is 0 Å². The molecule has 2 aromatic heterocycles. The van der Waals surface area contributed by atoms with Gasteiger partial charge in [0.05, 0.1) is 0 Å². The Morgan fingerprint density at radius 2 is 1.91 bits per heavy atom. The van der Waals surface area contributed by atoms with E-state index in [0.717, 1.165) is 31.7 Å². The number of piperazine rings is 1. The first-order valence-corrected chi connectivity index (χ1v) is 7.23. The zero-order valence-electron chi connectivity index (χ0n) is 11.9. The summed E-state index contributed by atoms with van der Waals surface area (Å²) < 4.78 is 6.87. The second-order valence-electron chi connectivity index (χ2n) is 5.16. The van der Waals surface area contributed by atoms with E-state index < -0.39 is 0 Å². The molecular weight excluding hydrogens is 282 g/mol. The van der Waals surface area contributed by atoms with Crippen molar-refractivity contribution in [3.63, 3.8) is 0 Å². The Morgan fingerprint density at radius 1 is 1.14 bits per heavy atom. The predicted molar refractivity (Wildman–Crippen MR) is 82.0 cm³/mol. The van der Waals surface area contributed by atoms with E-state index in [1.54, 1.807) is 0 Å². The van der Waals surface area contributed by atoms with Crippen LogP contribution in [-0.4, -0.2) is 40.8 Å². The minimum Gasteiger partial charge on any atom is -0.403 e. The SMILES string of the molecule is O=c1cc(N2CCNCC2)nc2oc(-c3ccccc3)nn12. The maximum absolute atomic E-state index is 12.2. The Bertz CT molecular complexity index is 849. The lowest BCUT2D eigenvalue weighted by molar-refractivity contribution is 0.576. The summed E-state index contributed by atoms with van der Waals surface area (Å²) in [6, 6.07) is 11.0. The minimum absolute atomic E-state index is 0.222. The van der Waals surface area contributed by atoms with Gasteiger partial charge in [0.25, 0.3) is 5.56 Å². The first-order chi connectivity index (χ1) is 10.8. The average Bonchev–Trinajstić information content (AvgIpc) is 3.01. The summed E-state index contributed by atoms with van der Waals surface area (Å²) >= 11 is 0. The summed E-state index contributed by atoms with van der Waals surface area (Å²) in [6.45, 7) is 3.41. The van der Waals surface area contributed by atoms with Gasteiger partial charge in [-0.2, -0.15) is 4.98 Å². The van der Waals surface area contributed by atoms with Crippen LogP contribution in [0.15, 0.2) is 45.6 Å². The van der Waals surface area contributed by atoms with Gasteiger partial charge in [0.2, 0.25) is 5.89 Å². The summed E-state index contributed by atoms with van der Waals surface area (Å²) in [5, 5.41) is 7.49. The Kier molecular flexibility index (Phi) is 3.12. The average molecular weight is 297 g/mol. The zero-order chi connectivity index (χ0) is 14.9. The van der Waals surface area contributed by atoms with Gasteiger partial charge in [0, 0.05) is 37.8 Å². The van der Waals surface area contributed by atoms with Crippen molar-refractivity contribution in [3.05, 3.63) is 46.8 Å². The molecule has 0 spiro atoms. The monoisotopic (exact) mass is 297 g/mol. The van der Waals surface area contributed by atoms with E-state index in [0.29, 0.717) is 11.7 Å². The maximum atomic E-state index is 12.2. The van der Waals surface area contributed by atoms with Crippen LogP contribution in [0.25, 0.3) is 17.3 Å². The van der Waals surface area contributed by atoms with Crippen LogP contribution in [0, 0.1) is 0 Å². The Balaban J connectivity index is 1.79. The molecule has 7 nitrogen and oxygen atoms in total. The van der Waals surface area contributed by atoms with Gasteiger partial charge >= 0.3 is 5.84 Å². The minimum atomic E-state index is -0.232. The maximum Gasteiger partial charge on any atom is 0.330 e. The lowest BCUT2D eigenvalue weighted by Crippen LogP contribution is -2.44. The second kappa shape index (κ2) is 5.27. The molecular formula is C15H15N5O2. The van der Waals surface area contributed by atoms with Crippen LogP contribution in [0.3, 0.4) is 0 Å². The van der Waals surface area contributed by atoms with Crippen molar-refractivity contribution in [1.29, 1.82) is 0 Å². The van der Waals surface area contributed by atoms with E-state index in [9.17, 15) is 4.79 Å². The van der Waals surface area contributed by atoms with Crippen molar-refractivity contribution in [1.82, 2.24) is 19.9 Å². The molecule has 0 amide bonds. The fourth-order valence-corrected chi connectivity index (χ4v) is 2.55. The molecule has 22 heavy (non-hydrogen) atoms. The number of nitrogens with zero attached hydrogens (tertiary/aromatic N) is 4. The number of rotatable bonds is 2. The highest BCUT2D eigenvalue weighted by Crippen LogP contribution is 2.19. The van der Waals surface area contributed by atoms with Crippen molar-refractivity contribution < 1.29 is 4.42 Å². The highest BCUT2D eigenvalue weighted by Gasteiger charge is 2.16. The molecule has 0 bridgehead atoms. The molecule has 0 radical (unpaired) electrons. The largest absolute Gasteiger partial charge is 0.403 e. The standard InChI is InChI=1S/C15H15N5O2/c21-13-10-12(19-8-6-16-7-9-19)17-15-20(13)18-14(22-15)11-4-2-1-3-5-11/h1-5,10,16H,6-9H2. The third kappa shape index (κ3) is 2.25. The molecule has 0 saturated carbocycles. The topological polar surface area (TPSA) is 75.7 Å². The lowest BCUT2D eigenvalue weighted by Gasteiger charge is -2.27. The summed E-state index contributed by atoms with van der Waals surface area (Å²) in [5.41, 5.74) is 0.584. The molecule has 0 aliphatic carbocycles. The van der Waals surface area contributed by atoms with Gasteiger partial charge in [0.1, 0.15) is 5.82 Å². The summed E-state index contributed by atoms with van der Waals surface area (Å²) in [5.74, 6) is 1.25. The summed E-state index contributed by atoms with van der Waals surface area (Å²) in [6.07, 6.45) is 0. The summed E-state index contributed by atoms with van der Waals surface area (Å²) in [7, 11) is 0. The van der Waals surface area contributed by atoms with E-state index in [2.05, 4.69) is 20.3 Å². The molecule has 4 rings (SSSR count). The number of nitrogens with one attached hydrogen (secondary N) is 1. The van der Waals surface area contributed by atoms with Crippen LogP contribution in [0.1, 0.15) is 0 Å². The van der Waals surface area contributed by atoms with E-state index in [4.69, 9.17) is 4.42 Å². The highest BCUT2D eigenvalue weighted by molar-refractivity contribution is 5.54. The second-order valence-corrected chi connectivity index (χ2v) is 5.16. The fourth-order valence-electron chi connectivity index (χ4n) is 2.55. The molecule has 1 aliphatic heterocycles. The van der Waals surface area contributed by atoms with E-state index in [1.165, 1.54) is 10.6 Å². The third-order valence-corrected chi connectivity index (χ3v) is 3.69. The quantitative estimate of drug-likeness (QED) is 0.752. The first kappa shape index (κ1) is 13.0. The number of fused-ring (bicyclic) bond motifs is 1. The zero-order valence-corrected chi connectivity index (χ0v) is 11.9. The van der Waals surface area contributed by atoms with Crippen LogP contribution in [0.4, 0.5) is 5.82 Å². The molecule has 0 unspecified atom stereocenters.